The minimum atomic E-state index is -0.618. The van der Waals surface area contributed by atoms with E-state index in [1.807, 2.05) is 30.0 Å². The number of amides is 1. The van der Waals surface area contributed by atoms with Crippen molar-refractivity contribution in [1.82, 2.24) is 4.90 Å². The first-order valence-corrected chi connectivity index (χ1v) is 7.26. The Hall–Kier alpha value is -1.43. The van der Waals surface area contributed by atoms with Crippen molar-refractivity contribution in [2.75, 3.05) is 26.9 Å². The number of rotatable bonds is 4. The molecule has 0 aromatic heterocycles. The number of nitrogens with two attached hydrogens (primary N) is 1. The summed E-state index contributed by atoms with van der Waals surface area (Å²) >= 11 is 0. The molecule has 21 heavy (non-hydrogen) atoms. The molecule has 1 aliphatic rings. The first-order chi connectivity index (χ1) is 10.0. The van der Waals surface area contributed by atoms with Gasteiger partial charge in [0.1, 0.15) is 12.1 Å². The third kappa shape index (κ3) is 3.61. The fraction of sp³-hybridized carbons (Fsp3) is 0.562. The van der Waals surface area contributed by atoms with Crippen LogP contribution in [0.15, 0.2) is 24.3 Å². The van der Waals surface area contributed by atoms with E-state index in [9.17, 15) is 4.79 Å². The van der Waals surface area contributed by atoms with Crippen LogP contribution in [-0.2, 0) is 14.3 Å². The van der Waals surface area contributed by atoms with Crippen molar-refractivity contribution in [3.8, 4) is 0 Å². The molecule has 0 saturated carbocycles. The standard InChI is InChI=1S/C16H24N2O3/c1-11-6-4-5-7-13(11)15-8-18(12(2)9-21-15)16(19)14(17)10-20-3/h4-7,12,14-15H,8-10,17H2,1-3H3. The summed E-state index contributed by atoms with van der Waals surface area (Å²) < 4.78 is 10.9. The summed E-state index contributed by atoms with van der Waals surface area (Å²) in [6, 6.07) is 7.51. The molecule has 5 nitrogen and oxygen atoms in total. The second-order valence-corrected chi connectivity index (χ2v) is 5.58. The van der Waals surface area contributed by atoms with E-state index >= 15 is 0 Å². The average molecular weight is 292 g/mol. The van der Waals surface area contributed by atoms with Crippen molar-refractivity contribution in [1.29, 1.82) is 0 Å². The number of aryl methyl sites for hydroxylation is 1. The third-order valence-corrected chi connectivity index (χ3v) is 3.92. The zero-order valence-corrected chi connectivity index (χ0v) is 12.9. The van der Waals surface area contributed by atoms with E-state index in [-0.39, 0.29) is 24.7 Å². The number of benzene rings is 1. The van der Waals surface area contributed by atoms with E-state index in [0.717, 1.165) is 5.56 Å². The van der Waals surface area contributed by atoms with Crippen LogP contribution in [-0.4, -0.2) is 49.8 Å². The monoisotopic (exact) mass is 292 g/mol. The van der Waals surface area contributed by atoms with Crippen LogP contribution in [0.2, 0.25) is 0 Å². The molecule has 1 amide bonds. The van der Waals surface area contributed by atoms with Gasteiger partial charge < -0.3 is 20.1 Å². The molecule has 0 bridgehead atoms. The highest BCUT2D eigenvalue weighted by atomic mass is 16.5. The van der Waals surface area contributed by atoms with Gasteiger partial charge in [0.15, 0.2) is 0 Å². The molecule has 1 saturated heterocycles. The molecule has 3 atom stereocenters. The maximum absolute atomic E-state index is 12.4. The number of hydrogen-bond donors (Lipinski definition) is 1. The quantitative estimate of drug-likeness (QED) is 0.907. The summed E-state index contributed by atoms with van der Waals surface area (Å²) in [5.41, 5.74) is 8.18. The van der Waals surface area contributed by atoms with Crippen LogP contribution in [0.3, 0.4) is 0 Å². The zero-order chi connectivity index (χ0) is 15.4. The lowest BCUT2D eigenvalue weighted by molar-refractivity contribution is -0.147. The Morgan fingerprint density at radius 3 is 2.90 bits per heavy atom. The van der Waals surface area contributed by atoms with Crippen molar-refractivity contribution in [2.45, 2.75) is 32.0 Å². The molecule has 5 heteroatoms. The maximum Gasteiger partial charge on any atom is 0.242 e. The van der Waals surface area contributed by atoms with Crippen molar-refractivity contribution in [2.24, 2.45) is 5.73 Å². The first kappa shape index (κ1) is 15.9. The van der Waals surface area contributed by atoms with Gasteiger partial charge in [0.2, 0.25) is 5.91 Å². The fourth-order valence-electron chi connectivity index (χ4n) is 2.66. The van der Waals surface area contributed by atoms with Gasteiger partial charge in [0.05, 0.1) is 25.8 Å². The van der Waals surface area contributed by atoms with Gasteiger partial charge in [-0.3, -0.25) is 4.79 Å². The molecule has 2 N–H and O–H groups in total. The Balaban J connectivity index is 2.12. The second-order valence-electron chi connectivity index (χ2n) is 5.58. The number of hydrogen-bond acceptors (Lipinski definition) is 4. The van der Waals surface area contributed by atoms with E-state index in [1.165, 1.54) is 5.56 Å². The Bertz CT molecular complexity index is 492. The molecule has 1 fully saturated rings. The highest BCUT2D eigenvalue weighted by Gasteiger charge is 2.33. The smallest absolute Gasteiger partial charge is 0.242 e. The van der Waals surface area contributed by atoms with E-state index in [0.29, 0.717) is 13.2 Å². The van der Waals surface area contributed by atoms with Crippen LogP contribution in [0.4, 0.5) is 0 Å². The van der Waals surface area contributed by atoms with Gasteiger partial charge in [-0.1, -0.05) is 24.3 Å². The van der Waals surface area contributed by atoms with E-state index < -0.39 is 6.04 Å². The van der Waals surface area contributed by atoms with Gasteiger partial charge in [-0.25, -0.2) is 0 Å². The van der Waals surface area contributed by atoms with Gasteiger partial charge in [0.25, 0.3) is 0 Å². The Morgan fingerprint density at radius 2 is 2.24 bits per heavy atom. The molecule has 1 aromatic carbocycles. The third-order valence-electron chi connectivity index (χ3n) is 3.92. The second kappa shape index (κ2) is 7.02. The normalized spacial score (nSPS) is 23.9. The Morgan fingerprint density at radius 1 is 1.52 bits per heavy atom. The van der Waals surface area contributed by atoms with E-state index in [4.69, 9.17) is 15.2 Å². The average Bonchev–Trinajstić information content (AvgIpc) is 2.48. The molecule has 0 aliphatic carbocycles. The number of ether oxygens (including phenoxy) is 2. The summed E-state index contributed by atoms with van der Waals surface area (Å²) in [6.07, 6.45) is -0.0962. The predicted molar refractivity (Wildman–Crippen MR) is 80.9 cm³/mol. The number of carbonyl (C=O) groups excluding carboxylic acids is 1. The summed E-state index contributed by atoms with van der Waals surface area (Å²) in [5.74, 6) is -0.0776. The molecule has 1 aliphatic heterocycles. The molecule has 0 radical (unpaired) electrons. The summed E-state index contributed by atoms with van der Waals surface area (Å²) in [5, 5.41) is 0. The van der Waals surface area contributed by atoms with Crippen LogP contribution in [0.1, 0.15) is 24.2 Å². The van der Waals surface area contributed by atoms with Crippen LogP contribution >= 0.6 is 0 Å². The molecule has 1 heterocycles. The predicted octanol–water partition coefficient (Wildman–Crippen LogP) is 1.26. The molecule has 1 aromatic rings. The summed E-state index contributed by atoms with van der Waals surface area (Å²) in [4.78, 5) is 14.2. The highest BCUT2D eigenvalue weighted by Crippen LogP contribution is 2.27. The van der Waals surface area contributed by atoms with Crippen LogP contribution in [0, 0.1) is 6.92 Å². The minimum Gasteiger partial charge on any atom is -0.383 e. The van der Waals surface area contributed by atoms with Gasteiger partial charge in [-0.05, 0) is 25.0 Å². The molecular formula is C16H24N2O3. The van der Waals surface area contributed by atoms with E-state index in [2.05, 4.69) is 13.0 Å². The lowest BCUT2D eigenvalue weighted by Crippen LogP contribution is -2.54. The van der Waals surface area contributed by atoms with Crippen molar-refractivity contribution >= 4 is 5.91 Å². The van der Waals surface area contributed by atoms with Crippen molar-refractivity contribution in [3.05, 3.63) is 35.4 Å². The molecule has 0 spiro atoms. The van der Waals surface area contributed by atoms with E-state index in [1.54, 1.807) is 7.11 Å². The topological polar surface area (TPSA) is 64.8 Å². The van der Waals surface area contributed by atoms with Gasteiger partial charge in [0, 0.05) is 7.11 Å². The van der Waals surface area contributed by atoms with Gasteiger partial charge in [-0.15, -0.1) is 0 Å². The van der Waals surface area contributed by atoms with Gasteiger partial charge in [-0.2, -0.15) is 0 Å². The first-order valence-electron chi connectivity index (χ1n) is 7.26. The number of morpholine rings is 1. The molecule has 116 valence electrons. The zero-order valence-electron chi connectivity index (χ0n) is 12.9. The van der Waals surface area contributed by atoms with Gasteiger partial charge >= 0.3 is 0 Å². The summed E-state index contributed by atoms with van der Waals surface area (Å²) in [7, 11) is 1.55. The summed E-state index contributed by atoms with van der Waals surface area (Å²) in [6.45, 7) is 5.32. The van der Waals surface area contributed by atoms with Crippen LogP contribution in [0.25, 0.3) is 0 Å². The molecular weight excluding hydrogens is 268 g/mol. The van der Waals surface area contributed by atoms with Crippen molar-refractivity contribution in [3.63, 3.8) is 0 Å². The number of carbonyl (C=O) groups is 1. The lowest BCUT2D eigenvalue weighted by Gasteiger charge is -2.39. The SMILES string of the molecule is COCC(N)C(=O)N1CC(c2ccccc2C)OCC1C. The fourth-order valence-corrected chi connectivity index (χ4v) is 2.66. The molecule has 3 unspecified atom stereocenters. The maximum atomic E-state index is 12.4. The Kier molecular flexibility index (Phi) is 5.33. The largest absolute Gasteiger partial charge is 0.383 e. The highest BCUT2D eigenvalue weighted by molar-refractivity contribution is 5.82. The number of nitrogens with zero attached hydrogens (tertiary/aromatic N) is 1. The Labute approximate surface area is 126 Å². The molecule has 2 rings (SSSR count). The lowest BCUT2D eigenvalue weighted by atomic mass is 10.0. The minimum absolute atomic E-state index is 0.0284. The number of methoxy groups -OCH3 is 1. The van der Waals surface area contributed by atoms with Crippen molar-refractivity contribution < 1.29 is 14.3 Å². The van der Waals surface area contributed by atoms with Crippen LogP contribution in [0.5, 0.6) is 0 Å². The van der Waals surface area contributed by atoms with Crippen LogP contribution < -0.4 is 5.73 Å².